The van der Waals surface area contributed by atoms with Crippen LogP contribution < -0.4 is 11.1 Å². The molecule has 2 rings (SSSR count). The van der Waals surface area contributed by atoms with Gasteiger partial charge < -0.3 is 11.1 Å². The van der Waals surface area contributed by atoms with Crippen LogP contribution in [0.1, 0.15) is 12.8 Å². The minimum absolute atomic E-state index is 0.0540. The first-order valence-corrected chi connectivity index (χ1v) is 8.36. The van der Waals surface area contributed by atoms with Crippen LogP contribution in [-0.2, 0) is 10.0 Å². The fourth-order valence-corrected chi connectivity index (χ4v) is 4.16. The number of pyridine rings is 1. The number of sulfonamides is 1. The van der Waals surface area contributed by atoms with E-state index in [0.29, 0.717) is 19.6 Å². The zero-order valence-corrected chi connectivity index (χ0v) is 12.9. The van der Waals surface area contributed by atoms with E-state index in [9.17, 15) is 13.2 Å². The predicted molar refractivity (Wildman–Crippen MR) is 78.3 cm³/mol. The summed E-state index contributed by atoms with van der Waals surface area (Å²) >= 11 is 5.75. The molecule has 0 aromatic carbocycles. The van der Waals surface area contributed by atoms with Gasteiger partial charge in [-0.15, -0.1) is 0 Å². The van der Waals surface area contributed by atoms with Crippen LogP contribution in [0.4, 0.5) is 4.79 Å². The summed E-state index contributed by atoms with van der Waals surface area (Å²) < 4.78 is 26.5. The van der Waals surface area contributed by atoms with Crippen molar-refractivity contribution in [3.05, 3.63) is 23.5 Å². The van der Waals surface area contributed by atoms with Crippen molar-refractivity contribution in [3.63, 3.8) is 0 Å². The molecule has 0 aliphatic carbocycles. The molecule has 1 atom stereocenters. The minimum atomic E-state index is -3.59. The third-order valence-corrected chi connectivity index (χ3v) is 5.45. The van der Waals surface area contributed by atoms with Gasteiger partial charge in [-0.2, -0.15) is 4.31 Å². The van der Waals surface area contributed by atoms with Gasteiger partial charge in [-0.05, 0) is 30.9 Å². The van der Waals surface area contributed by atoms with E-state index in [1.165, 1.54) is 22.6 Å². The van der Waals surface area contributed by atoms with Gasteiger partial charge in [0.05, 0.1) is 4.90 Å². The molecule has 0 radical (unpaired) electrons. The number of nitrogens with zero attached hydrogens (tertiary/aromatic N) is 2. The second kappa shape index (κ2) is 6.59. The van der Waals surface area contributed by atoms with Gasteiger partial charge in [0, 0.05) is 25.8 Å². The second-order valence-corrected chi connectivity index (χ2v) is 7.26. The predicted octanol–water partition coefficient (Wildman–Crippen LogP) is 0.804. The highest BCUT2D eigenvalue weighted by molar-refractivity contribution is 7.89. The van der Waals surface area contributed by atoms with E-state index in [4.69, 9.17) is 17.3 Å². The first kappa shape index (κ1) is 16.0. The van der Waals surface area contributed by atoms with Gasteiger partial charge in [0.15, 0.2) is 0 Å². The Morgan fingerprint density at radius 2 is 2.33 bits per heavy atom. The van der Waals surface area contributed by atoms with Gasteiger partial charge in [-0.25, -0.2) is 18.2 Å². The molecule has 9 heteroatoms. The number of hydrogen-bond donors (Lipinski definition) is 2. The number of aromatic nitrogens is 1. The van der Waals surface area contributed by atoms with Crippen LogP contribution in [0.15, 0.2) is 23.2 Å². The minimum Gasteiger partial charge on any atom is -0.352 e. The molecule has 1 aliphatic heterocycles. The number of carbonyl (C=O) groups excluding carboxylic acids is 1. The Bertz CT molecular complexity index is 623. The number of amides is 2. The van der Waals surface area contributed by atoms with E-state index in [2.05, 4.69) is 10.3 Å². The SMILES string of the molecule is NC(=O)NCC1CCCN(S(=O)(=O)c2ccnc(Cl)c2)C1. The first-order chi connectivity index (χ1) is 9.89. The third-order valence-electron chi connectivity index (χ3n) is 3.38. The molecular formula is C12H17ClN4O3S. The highest BCUT2D eigenvalue weighted by atomic mass is 35.5. The molecule has 0 saturated carbocycles. The molecule has 7 nitrogen and oxygen atoms in total. The molecule has 1 saturated heterocycles. The van der Waals surface area contributed by atoms with Crippen molar-refractivity contribution in [1.29, 1.82) is 0 Å². The molecule has 1 aromatic heterocycles. The molecule has 1 aliphatic rings. The summed E-state index contributed by atoms with van der Waals surface area (Å²) in [6.45, 7) is 1.18. The van der Waals surface area contributed by atoms with Gasteiger partial charge in [-0.3, -0.25) is 0 Å². The maximum atomic E-state index is 12.6. The van der Waals surface area contributed by atoms with Gasteiger partial charge in [0.1, 0.15) is 5.15 Å². The number of nitrogens with two attached hydrogens (primary N) is 1. The highest BCUT2D eigenvalue weighted by Crippen LogP contribution is 2.24. The van der Waals surface area contributed by atoms with E-state index >= 15 is 0 Å². The monoisotopic (exact) mass is 332 g/mol. The molecule has 21 heavy (non-hydrogen) atoms. The zero-order chi connectivity index (χ0) is 15.5. The van der Waals surface area contributed by atoms with Crippen LogP contribution in [-0.4, -0.2) is 43.4 Å². The Kier molecular flexibility index (Phi) is 5.02. The summed E-state index contributed by atoms with van der Waals surface area (Å²) in [6.07, 6.45) is 2.96. The van der Waals surface area contributed by atoms with E-state index in [-0.39, 0.29) is 16.0 Å². The summed E-state index contributed by atoms with van der Waals surface area (Å²) in [5.74, 6) is 0.0540. The van der Waals surface area contributed by atoms with Crippen molar-refractivity contribution < 1.29 is 13.2 Å². The number of nitrogens with one attached hydrogen (secondary N) is 1. The fraction of sp³-hybridized carbons (Fsp3) is 0.500. The lowest BCUT2D eigenvalue weighted by atomic mass is 10.00. The van der Waals surface area contributed by atoms with Crippen molar-refractivity contribution in [2.24, 2.45) is 11.7 Å². The lowest BCUT2D eigenvalue weighted by Gasteiger charge is -2.31. The Labute approximate surface area is 128 Å². The number of urea groups is 1. The van der Waals surface area contributed by atoms with E-state index < -0.39 is 16.1 Å². The van der Waals surface area contributed by atoms with Crippen molar-refractivity contribution in [2.75, 3.05) is 19.6 Å². The molecule has 0 bridgehead atoms. The quantitative estimate of drug-likeness (QED) is 0.795. The van der Waals surface area contributed by atoms with Crippen LogP contribution in [0, 0.1) is 5.92 Å². The van der Waals surface area contributed by atoms with Gasteiger partial charge >= 0.3 is 6.03 Å². The Morgan fingerprint density at radius 1 is 1.57 bits per heavy atom. The number of carbonyl (C=O) groups is 1. The van der Waals surface area contributed by atoms with E-state index in [0.717, 1.165) is 12.8 Å². The van der Waals surface area contributed by atoms with Crippen molar-refractivity contribution in [1.82, 2.24) is 14.6 Å². The largest absolute Gasteiger partial charge is 0.352 e. The number of rotatable bonds is 4. The topological polar surface area (TPSA) is 105 Å². The summed E-state index contributed by atoms with van der Waals surface area (Å²) in [5.41, 5.74) is 5.03. The Balaban J connectivity index is 2.11. The van der Waals surface area contributed by atoms with E-state index in [1.54, 1.807) is 0 Å². The molecule has 1 fully saturated rings. The summed E-state index contributed by atoms with van der Waals surface area (Å²) in [5, 5.41) is 2.66. The molecule has 1 unspecified atom stereocenters. The molecule has 3 N–H and O–H groups in total. The normalized spacial score (nSPS) is 20.1. The summed E-state index contributed by atoms with van der Waals surface area (Å²) in [7, 11) is -3.59. The average Bonchev–Trinajstić information content (AvgIpc) is 2.45. The Hall–Kier alpha value is -1.38. The highest BCUT2D eigenvalue weighted by Gasteiger charge is 2.30. The standard InChI is InChI=1S/C12H17ClN4O3S/c13-11-6-10(3-4-15-11)21(19,20)17-5-1-2-9(8-17)7-16-12(14)18/h3-4,6,9H,1-2,5,7-8H2,(H3,14,16,18). The van der Waals surface area contributed by atoms with Crippen LogP contribution in [0.3, 0.4) is 0 Å². The lowest BCUT2D eigenvalue weighted by molar-refractivity contribution is 0.236. The number of piperidine rings is 1. The average molecular weight is 333 g/mol. The van der Waals surface area contributed by atoms with Crippen molar-refractivity contribution in [3.8, 4) is 0 Å². The van der Waals surface area contributed by atoms with E-state index in [1.807, 2.05) is 0 Å². The molecule has 0 spiro atoms. The number of hydrogen-bond acceptors (Lipinski definition) is 4. The third kappa shape index (κ3) is 4.05. The van der Waals surface area contributed by atoms with Gasteiger partial charge in [-0.1, -0.05) is 11.6 Å². The molecular weight excluding hydrogens is 316 g/mol. The van der Waals surface area contributed by atoms with Crippen LogP contribution >= 0.6 is 11.6 Å². The van der Waals surface area contributed by atoms with Crippen LogP contribution in [0.2, 0.25) is 5.15 Å². The maximum absolute atomic E-state index is 12.6. The van der Waals surface area contributed by atoms with Crippen molar-refractivity contribution in [2.45, 2.75) is 17.7 Å². The molecule has 2 heterocycles. The lowest BCUT2D eigenvalue weighted by Crippen LogP contribution is -2.44. The second-order valence-electron chi connectivity index (χ2n) is 4.93. The molecule has 1 aromatic rings. The van der Waals surface area contributed by atoms with Gasteiger partial charge in [0.2, 0.25) is 10.0 Å². The number of primary amides is 1. The zero-order valence-electron chi connectivity index (χ0n) is 11.3. The van der Waals surface area contributed by atoms with Crippen molar-refractivity contribution >= 4 is 27.7 Å². The maximum Gasteiger partial charge on any atom is 0.312 e. The smallest absolute Gasteiger partial charge is 0.312 e. The summed E-state index contributed by atoms with van der Waals surface area (Å²) in [4.78, 5) is 14.7. The Morgan fingerprint density at radius 3 is 3.00 bits per heavy atom. The van der Waals surface area contributed by atoms with Gasteiger partial charge in [0.25, 0.3) is 0 Å². The summed E-state index contributed by atoms with van der Waals surface area (Å²) in [6, 6.07) is 2.16. The molecule has 116 valence electrons. The van der Waals surface area contributed by atoms with Crippen LogP contribution in [0.5, 0.6) is 0 Å². The molecule has 2 amide bonds. The number of halogens is 1. The fourth-order valence-electron chi connectivity index (χ4n) is 2.35. The van der Waals surface area contributed by atoms with Crippen LogP contribution in [0.25, 0.3) is 0 Å². The first-order valence-electron chi connectivity index (χ1n) is 6.54.